The van der Waals surface area contributed by atoms with Gasteiger partial charge in [-0.15, -0.1) is 12.4 Å². The quantitative estimate of drug-likeness (QED) is 0.638. The third-order valence-electron chi connectivity index (χ3n) is 3.92. The van der Waals surface area contributed by atoms with Crippen LogP contribution in [-0.2, 0) is 0 Å². The zero-order valence-electron chi connectivity index (χ0n) is 12.5. The van der Waals surface area contributed by atoms with Gasteiger partial charge in [0.05, 0.1) is 0 Å². The molecule has 0 amide bonds. The number of rotatable bonds is 3. The van der Waals surface area contributed by atoms with E-state index < -0.39 is 0 Å². The molecular weight excluding hydrogens is 278 g/mol. The number of hydrogen-bond acceptors (Lipinski definition) is 1. The standard InChI is InChI=1S/C19H21N.ClH/c1-13(2)11-19(20)18-12-14-7-3-4-8-15(14)16-9-5-6-10-17(16)18;/h3-10,12-13,19H,11,20H2,1-2H3;1H/t19-;/m1./s1. The first-order valence-corrected chi connectivity index (χ1v) is 7.33. The number of nitrogens with two attached hydrogens (primary N) is 1. The largest absolute Gasteiger partial charge is 0.324 e. The smallest absolute Gasteiger partial charge is 0.0303 e. The summed E-state index contributed by atoms with van der Waals surface area (Å²) in [7, 11) is 0. The lowest BCUT2D eigenvalue weighted by molar-refractivity contribution is 0.512. The van der Waals surface area contributed by atoms with Crippen LogP contribution in [-0.4, -0.2) is 0 Å². The second kappa shape index (κ2) is 6.46. The molecule has 1 atom stereocenters. The maximum absolute atomic E-state index is 6.45. The van der Waals surface area contributed by atoms with E-state index in [2.05, 4.69) is 68.4 Å². The number of fused-ring (bicyclic) bond motifs is 3. The third kappa shape index (κ3) is 3.04. The Labute approximate surface area is 132 Å². The van der Waals surface area contributed by atoms with E-state index in [9.17, 15) is 0 Å². The van der Waals surface area contributed by atoms with Crippen molar-refractivity contribution in [1.82, 2.24) is 0 Å². The molecular formula is C19H22ClN. The summed E-state index contributed by atoms with van der Waals surface area (Å²) in [5.74, 6) is 0.607. The van der Waals surface area contributed by atoms with E-state index in [1.54, 1.807) is 0 Å². The van der Waals surface area contributed by atoms with Gasteiger partial charge in [-0.1, -0.05) is 62.4 Å². The second-order valence-corrected chi connectivity index (χ2v) is 5.97. The summed E-state index contributed by atoms with van der Waals surface area (Å²) < 4.78 is 0. The Morgan fingerprint density at radius 3 is 2.10 bits per heavy atom. The summed E-state index contributed by atoms with van der Waals surface area (Å²) in [6, 6.07) is 19.5. The lowest BCUT2D eigenvalue weighted by Crippen LogP contribution is -2.13. The molecule has 0 aromatic heterocycles. The Bertz CT molecular complexity index is 749. The molecule has 0 spiro atoms. The monoisotopic (exact) mass is 299 g/mol. The van der Waals surface area contributed by atoms with Crippen molar-refractivity contribution in [1.29, 1.82) is 0 Å². The molecule has 110 valence electrons. The van der Waals surface area contributed by atoms with E-state index in [0.29, 0.717) is 5.92 Å². The molecule has 0 aliphatic carbocycles. The topological polar surface area (TPSA) is 26.0 Å². The molecule has 3 aromatic rings. The summed E-state index contributed by atoms with van der Waals surface area (Å²) in [6.07, 6.45) is 1.02. The van der Waals surface area contributed by atoms with Crippen LogP contribution >= 0.6 is 12.4 Å². The van der Waals surface area contributed by atoms with Crippen LogP contribution in [0.25, 0.3) is 21.5 Å². The van der Waals surface area contributed by atoms with Gasteiger partial charge < -0.3 is 5.73 Å². The molecule has 1 nitrogen and oxygen atoms in total. The first-order valence-electron chi connectivity index (χ1n) is 7.33. The highest BCUT2D eigenvalue weighted by atomic mass is 35.5. The highest BCUT2D eigenvalue weighted by Gasteiger charge is 2.13. The second-order valence-electron chi connectivity index (χ2n) is 5.97. The highest BCUT2D eigenvalue weighted by Crippen LogP contribution is 2.33. The van der Waals surface area contributed by atoms with Gasteiger partial charge in [0.2, 0.25) is 0 Å². The van der Waals surface area contributed by atoms with Gasteiger partial charge in [-0.2, -0.15) is 0 Å². The minimum absolute atomic E-state index is 0. The van der Waals surface area contributed by atoms with Gasteiger partial charge in [0, 0.05) is 6.04 Å². The lowest BCUT2D eigenvalue weighted by Gasteiger charge is -2.18. The molecule has 0 bridgehead atoms. The molecule has 3 aromatic carbocycles. The fraction of sp³-hybridized carbons (Fsp3) is 0.263. The minimum atomic E-state index is 0. The van der Waals surface area contributed by atoms with Crippen LogP contribution < -0.4 is 5.73 Å². The Balaban J connectivity index is 0.00000161. The Hall–Kier alpha value is -1.57. The Kier molecular flexibility index (Phi) is 4.87. The van der Waals surface area contributed by atoms with Gasteiger partial charge in [0.25, 0.3) is 0 Å². The summed E-state index contributed by atoms with van der Waals surface area (Å²) in [4.78, 5) is 0. The van der Waals surface area contributed by atoms with Crippen LogP contribution in [0.4, 0.5) is 0 Å². The average Bonchev–Trinajstić information content (AvgIpc) is 2.45. The minimum Gasteiger partial charge on any atom is -0.324 e. The zero-order valence-corrected chi connectivity index (χ0v) is 13.4. The molecule has 0 heterocycles. The van der Waals surface area contributed by atoms with Crippen LogP contribution in [0.5, 0.6) is 0 Å². The van der Waals surface area contributed by atoms with Gasteiger partial charge in [-0.05, 0) is 45.5 Å². The number of halogens is 1. The lowest BCUT2D eigenvalue weighted by atomic mass is 9.90. The van der Waals surface area contributed by atoms with Crippen molar-refractivity contribution >= 4 is 34.0 Å². The molecule has 3 rings (SSSR count). The van der Waals surface area contributed by atoms with E-state index in [0.717, 1.165) is 6.42 Å². The van der Waals surface area contributed by atoms with Crippen LogP contribution in [0.15, 0.2) is 54.6 Å². The van der Waals surface area contributed by atoms with Crippen LogP contribution in [0.3, 0.4) is 0 Å². The summed E-state index contributed by atoms with van der Waals surface area (Å²) in [6.45, 7) is 4.45. The predicted molar refractivity (Wildman–Crippen MR) is 95.1 cm³/mol. The molecule has 0 unspecified atom stereocenters. The third-order valence-corrected chi connectivity index (χ3v) is 3.92. The van der Waals surface area contributed by atoms with E-state index in [1.165, 1.54) is 27.1 Å². The van der Waals surface area contributed by atoms with Crippen molar-refractivity contribution in [3.63, 3.8) is 0 Å². The van der Waals surface area contributed by atoms with Crippen LogP contribution in [0, 0.1) is 5.92 Å². The van der Waals surface area contributed by atoms with E-state index in [1.807, 2.05) is 0 Å². The van der Waals surface area contributed by atoms with Gasteiger partial charge >= 0.3 is 0 Å². The Morgan fingerprint density at radius 2 is 1.43 bits per heavy atom. The summed E-state index contributed by atoms with van der Waals surface area (Å²) >= 11 is 0. The number of hydrogen-bond donors (Lipinski definition) is 1. The molecule has 0 aliphatic heterocycles. The fourth-order valence-corrected chi connectivity index (χ4v) is 3.02. The maximum Gasteiger partial charge on any atom is 0.0303 e. The predicted octanol–water partition coefficient (Wildman–Crippen LogP) is 5.46. The van der Waals surface area contributed by atoms with E-state index in [-0.39, 0.29) is 18.4 Å². The molecule has 0 radical (unpaired) electrons. The summed E-state index contributed by atoms with van der Waals surface area (Å²) in [5.41, 5.74) is 7.72. The van der Waals surface area contributed by atoms with Crippen molar-refractivity contribution in [3.05, 3.63) is 60.2 Å². The van der Waals surface area contributed by atoms with Crippen LogP contribution in [0.2, 0.25) is 0 Å². The molecule has 0 fully saturated rings. The highest BCUT2D eigenvalue weighted by molar-refractivity contribution is 6.09. The van der Waals surface area contributed by atoms with E-state index >= 15 is 0 Å². The van der Waals surface area contributed by atoms with Gasteiger partial charge in [0.1, 0.15) is 0 Å². The summed E-state index contributed by atoms with van der Waals surface area (Å²) in [5, 5.41) is 5.18. The first-order chi connectivity index (χ1) is 9.66. The van der Waals surface area contributed by atoms with E-state index in [4.69, 9.17) is 5.73 Å². The molecule has 21 heavy (non-hydrogen) atoms. The van der Waals surface area contributed by atoms with Crippen molar-refractivity contribution in [2.24, 2.45) is 11.7 Å². The molecule has 2 N–H and O–H groups in total. The van der Waals surface area contributed by atoms with Gasteiger partial charge in [-0.25, -0.2) is 0 Å². The fourth-order valence-electron chi connectivity index (χ4n) is 3.02. The SMILES string of the molecule is CC(C)C[C@@H](N)c1cc2ccccc2c2ccccc12.Cl. The molecule has 0 saturated heterocycles. The average molecular weight is 300 g/mol. The molecule has 0 aliphatic rings. The van der Waals surface area contributed by atoms with Crippen molar-refractivity contribution in [2.45, 2.75) is 26.3 Å². The normalized spacial score (nSPS) is 12.6. The van der Waals surface area contributed by atoms with Crippen molar-refractivity contribution in [2.75, 3.05) is 0 Å². The maximum atomic E-state index is 6.45. The van der Waals surface area contributed by atoms with Crippen molar-refractivity contribution < 1.29 is 0 Å². The zero-order chi connectivity index (χ0) is 14.1. The first kappa shape index (κ1) is 15.8. The Morgan fingerprint density at radius 1 is 0.857 bits per heavy atom. The van der Waals surface area contributed by atoms with Crippen molar-refractivity contribution in [3.8, 4) is 0 Å². The van der Waals surface area contributed by atoms with Gasteiger partial charge in [-0.3, -0.25) is 0 Å². The molecule has 2 heteroatoms. The molecule has 0 saturated carbocycles. The number of benzene rings is 3. The van der Waals surface area contributed by atoms with Gasteiger partial charge in [0.15, 0.2) is 0 Å². The van der Waals surface area contributed by atoms with Crippen LogP contribution in [0.1, 0.15) is 31.9 Å².